The molecule has 170 valence electrons. The highest BCUT2D eigenvalue weighted by Gasteiger charge is 2.22. The van der Waals surface area contributed by atoms with Crippen molar-refractivity contribution in [3.05, 3.63) is 71.9 Å². The fraction of sp³-hybridized carbons (Fsp3) is 0.417. The highest BCUT2D eigenvalue weighted by atomic mass is 32.2. The first-order valence-electron chi connectivity index (χ1n) is 11.1. The highest BCUT2D eigenvalue weighted by molar-refractivity contribution is 7.89. The fourth-order valence-corrected chi connectivity index (χ4v) is 5.19. The quantitative estimate of drug-likeness (QED) is 0.470. The maximum atomic E-state index is 12.9. The van der Waals surface area contributed by atoms with E-state index in [-0.39, 0.29) is 13.2 Å². The second-order valence-corrected chi connectivity index (χ2v) is 10.2. The summed E-state index contributed by atoms with van der Waals surface area (Å²) >= 11 is 0. The summed E-state index contributed by atoms with van der Waals surface area (Å²) < 4.78 is 38.0. The Labute approximate surface area is 189 Å². The van der Waals surface area contributed by atoms with Crippen molar-refractivity contribution in [1.82, 2.24) is 14.4 Å². The molecular formula is C24H29N3O4S. The lowest BCUT2D eigenvalue weighted by Gasteiger charge is -2.22. The van der Waals surface area contributed by atoms with E-state index in [2.05, 4.69) is 10.1 Å². The summed E-state index contributed by atoms with van der Waals surface area (Å²) in [5, 5.41) is 3.93. The zero-order chi connectivity index (χ0) is 22.4. The first-order valence-corrected chi connectivity index (χ1v) is 12.5. The fourth-order valence-electron chi connectivity index (χ4n) is 4.02. The number of sulfonamides is 1. The molecule has 0 atom stereocenters. The summed E-state index contributed by atoms with van der Waals surface area (Å²) in [5.41, 5.74) is 1.24. The van der Waals surface area contributed by atoms with Crippen LogP contribution in [0.2, 0.25) is 0 Å². The van der Waals surface area contributed by atoms with Gasteiger partial charge in [-0.1, -0.05) is 54.8 Å². The summed E-state index contributed by atoms with van der Waals surface area (Å²) in [6.07, 6.45) is 6.54. The van der Waals surface area contributed by atoms with Crippen molar-refractivity contribution >= 4 is 10.0 Å². The predicted molar refractivity (Wildman–Crippen MR) is 121 cm³/mol. The number of benzene rings is 2. The third-order valence-corrected chi connectivity index (χ3v) is 7.80. The average molecular weight is 456 g/mol. The molecule has 0 amide bonds. The third kappa shape index (κ3) is 5.55. The second kappa shape index (κ2) is 10.3. The van der Waals surface area contributed by atoms with Gasteiger partial charge in [-0.3, -0.25) is 0 Å². The first-order chi connectivity index (χ1) is 15.5. The molecule has 0 saturated heterocycles. The van der Waals surface area contributed by atoms with Crippen molar-refractivity contribution in [3.63, 3.8) is 0 Å². The molecule has 8 heteroatoms. The van der Waals surface area contributed by atoms with Gasteiger partial charge in [0.1, 0.15) is 5.75 Å². The maximum Gasteiger partial charge on any atom is 0.264 e. The minimum Gasteiger partial charge on any atom is -0.484 e. The predicted octanol–water partition coefficient (Wildman–Crippen LogP) is 4.56. The Hall–Kier alpha value is -2.71. The number of rotatable bonds is 9. The van der Waals surface area contributed by atoms with E-state index in [1.54, 1.807) is 19.2 Å². The summed E-state index contributed by atoms with van der Waals surface area (Å²) in [5.74, 6) is 2.07. The van der Waals surface area contributed by atoms with Gasteiger partial charge >= 0.3 is 0 Å². The van der Waals surface area contributed by atoms with Crippen LogP contribution in [-0.2, 0) is 23.1 Å². The molecule has 3 aromatic rings. The van der Waals surface area contributed by atoms with Gasteiger partial charge in [-0.05, 0) is 48.6 Å². The van der Waals surface area contributed by atoms with E-state index < -0.39 is 10.0 Å². The van der Waals surface area contributed by atoms with Gasteiger partial charge in [0.2, 0.25) is 10.0 Å². The van der Waals surface area contributed by atoms with E-state index in [1.807, 2.05) is 42.5 Å². The van der Waals surface area contributed by atoms with Crippen LogP contribution in [-0.4, -0.2) is 36.5 Å². The number of para-hydroxylation sites is 1. The summed E-state index contributed by atoms with van der Waals surface area (Å²) in [7, 11) is -2.00. The van der Waals surface area contributed by atoms with E-state index >= 15 is 0 Å². The number of hydrogen-bond acceptors (Lipinski definition) is 6. The van der Waals surface area contributed by atoms with E-state index in [9.17, 15) is 8.42 Å². The summed E-state index contributed by atoms with van der Waals surface area (Å²) in [6, 6.07) is 16.8. The lowest BCUT2D eigenvalue weighted by Crippen LogP contribution is -2.29. The van der Waals surface area contributed by atoms with Gasteiger partial charge in [0, 0.05) is 20.0 Å². The van der Waals surface area contributed by atoms with Crippen molar-refractivity contribution < 1.29 is 17.7 Å². The van der Waals surface area contributed by atoms with Crippen molar-refractivity contribution in [3.8, 4) is 5.75 Å². The lowest BCUT2D eigenvalue weighted by molar-refractivity contribution is 0.242. The molecule has 4 rings (SSSR count). The van der Waals surface area contributed by atoms with Crippen molar-refractivity contribution in [2.45, 2.75) is 55.9 Å². The Bertz CT molecular complexity index is 1090. The average Bonchev–Trinajstić information content (AvgIpc) is 3.30. The van der Waals surface area contributed by atoms with E-state index in [0.717, 1.165) is 0 Å². The molecule has 1 aromatic heterocycles. The molecule has 1 heterocycles. The molecule has 0 radical (unpaired) electrons. The van der Waals surface area contributed by atoms with Crippen LogP contribution in [0.15, 0.2) is 64.0 Å². The van der Waals surface area contributed by atoms with Crippen molar-refractivity contribution in [2.75, 3.05) is 13.6 Å². The topological polar surface area (TPSA) is 85.5 Å². The smallest absolute Gasteiger partial charge is 0.264 e. The van der Waals surface area contributed by atoms with Crippen LogP contribution in [0.4, 0.5) is 0 Å². The standard InChI is InChI=1S/C24H29N3O4S/c1-27(17-16-23-25-24(31-26-23)18-30-21-10-6-3-7-11-21)32(28,29)22-14-12-20(13-15-22)19-8-4-2-5-9-19/h3,6-7,10-15,19H,2,4-5,8-9,16-18H2,1H3. The van der Waals surface area contributed by atoms with Gasteiger partial charge in [-0.15, -0.1) is 0 Å². The van der Waals surface area contributed by atoms with Crippen LogP contribution in [0.5, 0.6) is 5.75 Å². The zero-order valence-electron chi connectivity index (χ0n) is 18.3. The van der Waals surface area contributed by atoms with Crippen LogP contribution in [0.1, 0.15) is 55.3 Å². The zero-order valence-corrected chi connectivity index (χ0v) is 19.1. The van der Waals surface area contributed by atoms with E-state index in [0.29, 0.717) is 34.7 Å². The minimum atomic E-state index is -3.57. The number of ether oxygens (including phenoxy) is 1. The molecule has 32 heavy (non-hydrogen) atoms. The number of hydrogen-bond donors (Lipinski definition) is 0. The van der Waals surface area contributed by atoms with Crippen LogP contribution in [0, 0.1) is 0 Å². The molecule has 0 unspecified atom stereocenters. The van der Waals surface area contributed by atoms with Crippen LogP contribution in [0.3, 0.4) is 0 Å². The number of nitrogens with zero attached hydrogens (tertiary/aromatic N) is 3. The molecular weight excluding hydrogens is 426 g/mol. The maximum absolute atomic E-state index is 12.9. The Morgan fingerprint density at radius 2 is 1.75 bits per heavy atom. The molecule has 0 spiro atoms. The number of aromatic nitrogens is 2. The third-order valence-electron chi connectivity index (χ3n) is 5.93. The normalized spacial score (nSPS) is 15.2. The molecule has 0 bridgehead atoms. The van der Waals surface area contributed by atoms with Crippen LogP contribution in [0.25, 0.3) is 0 Å². The lowest BCUT2D eigenvalue weighted by atomic mass is 9.84. The SMILES string of the molecule is CN(CCc1noc(COc2ccccc2)n1)S(=O)(=O)c1ccc(C2CCCCC2)cc1. The van der Waals surface area contributed by atoms with Gasteiger partial charge in [-0.25, -0.2) is 12.7 Å². The minimum absolute atomic E-state index is 0.165. The molecule has 1 fully saturated rings. The summed E-state index contributed by atoms with van der Waals surface area (Å²) in [6.45, 7) is 0.420. The van der Waals surface area contributed by atoms with Gasteiger partial charge in [0.05, 0.1) is 4.90 Å². The monoisotopic (exact) mass is 455 g/mol. The second-order valence-electron chi connectivity index (χ2n) is 8.19. The molecule has 1 aliphatic carbocycles. The van der Waals surface area contributed by atoms with Gasteiger partial charge in [0.15, 0.2) is 12.4 Å². The molecule has 2 aromatic carbocycles. The highest BCUT2D eigenvalue weighted by Crippen LogP contribution is 2.33. The Kier molecular flexibility index (Phi) is 7.22. The summed E-state index contributed by atoms with van der Waals surface area (Å²) in [4.78, 5) is 4.60. The van der Waals surface area contributed by atoms with Crippen molar-refractivity contribution in [2.24, 2.45) is 0 Å². The van der Waals surface area contributed by atoms with Crippen LogP contribution < -0.4 is 4.74 Å². The molecule has 0 N–H and O–H groups in total. The first kappa shape index (κ1) is 22.5. The molecule has 0 aliphatic heterocycles. The van der Waals surface area contributed by atoms with Crippen molar-refractivity contribution in [1.29, 1.82) is 0 Å². The largest absolute Gasteiger partial charge is 0.484 e. The molecule has 7 nitrogen and oxygen atoms in total. The van der Waals surface area contributed by atoms with Gasteiger partial charge in [0.25, 0.3) is 5.89 Å². The molecule has 1 saturated carbocycles. The van der Waals surface area contributed by atoms with Crippen LogP contribution >= 0.6 is 0 Å². The van der Waals surface area contributed by atoms with E-state index in [4.69, 9.17) is 9.26 Å². The molecule has 1 aliphatic rings. The Balaban J connectivity index is 1.31. The number of likely N-dealkylation sites (N-methyl/N-ethyl adjacent to an activating group) is 1. The van der Waals surface area contributed by atoms with Gasteiger partial charge in [-0.2, -0.15) is 4.98 Å². The van der Waals surface area contributed by atoms with E-state index in [1.165, 1.54) is 42.0 Å². The Morgan fingerprint density at radius 3 is 2.47 bits per heavy atom. The Morgan fingerprint density at radius 1 is 1.03 bits per heavy atom. The van der Waals surface area contributed by atoms with Gasteiger partial charge < -0.3 is 9.26 Å².